The van der Waals surface area contributed by atoms with Crippen molar-refractivity contribution in [2.75, 3.05) is 10.6 Å². The van der Waals surface area contributed by atoms with Crippen LogP contribution in [0.4, 0.5) is 11.4 Å². The van der Waals surface area contributed by atoms with Crippen LogP contribution in [-0.4, -0.2) is 23.0 Å². The van der Waals surface area contributed by atoms with E-state index in [1.165, 1.54) is 11.8 Å². The first-order chi connectivity index (χ1) is 14.8. The minimum Gasteiger partial charge on any atom is -0.366 e. The number of thioether (sulfide) groups is 1. The van der Waals surface area contributed by atoms with Crippen molar-refractivity contribution >= 4 is 40.9 Å². The Morgan fingerprint density at radius 3 is 2.16 bits per heavy atom. The Labute approximate surface area is 185 Å². The van der Waals surface area contributed by atoms with Gasteiger partial charge in [-0.05, 0) is 62.4 Å². The lowest BCUT2D eigenvalue weighted by Gasteiger charge is -2.14. The fourth-order valence-corrected chi connectivity index (χ4v) is 3.69. The van der Waals surface area contributed by atoms with Crippen LogP contribution in [0.2, 0.25) is 0 Å². The largest absolute Gasteiger partial charge is 0.366 e. The maximum absolute atomic E-state index is 12.5. The van der Waals surface area contributed by atoms with Gasteiger partial charge in [0.1, 0.15) is 0 Å². The fourth-order valence-electron chi connectivity index (χ4n) is 2.82. The number of hydrogen-bond donors (Lipinski definition) is 3. The first-order valence-electron chi connectivity index (χ1n) is 9.68. The second-order valence-corrected chi connectivity index (χ2v) is 8.42. The van der Waals surface area contributed by atoms with Gasteiger partial charge >= 0.3 is 0 Å². The van der Waals surface area contributed by atoms with Crippen molar-refractivity contribution in [3.05, 3.63) is 89.5 Å². The van der Waals surface area contributed by atoms with Crippen LogP contribution in [0.5, 0.6) is 0 Å². The van der Waals surface area contributed by atoms with E-state index in [0.29, 0.717) is 16.9 Å². The van der Waals surface area contributed by atoms with Crippen LogP contribution in [0.1, 0.15) is 33.2 Å². The number of carbonyl (C=O) groups is 3. The monoisotopic (exact) mass is 433 g/mol. The van der Waals surface area contributed by atoms with Gasteiger partial charge in [-0.2, -0.15) is 0 Å². The van der Waals surface area contributed by atoms with Crippen molar-refractivity contribution in [2.24, 2.45) is 5.73 Å². The highest BCUT2D eigenvalue weighted by atomic mass is 32.2. The number of hydrogen-bond acceptors (Lipinski definition) is 4. The van der Waals surface area contributed by atoms with Crippen LogP contribution in [0.3, 0.4) is 0 Å². The Kier molecular flexibility index (Phi) is 7.10. The molecule has 31 heavy (non-hydrogen) atoms. The molecule has 0 bridgehead atoms. The van der Waals surface area contributed by atoms with Crippen molar-refractivity contribution < 1.29 is 14.4 Å². The predicted molar refractivity (Wildman–Crippen MR) is 124 cm³/mol. The Bertz CT molecular complexity index is 1100. The van der Waals surface area contributed by atoms with Gasteiger partial charge in [0.15, 0.2) is 0 Å². The van der Waals surface area contributed by atoms with Crippen molar-refractivity contribution in [1.82, 2.24) is 0 Å². The van der Waals surface area contributed by atoms with Gasteiger partial charge in [0.05, 0.1) is 16.5 Å². The molecular formula is C24H23N3O3S. The average molecular weight is 434 g/mol. The number of amides is 3. The summed E-state index contributed by atoms with van der Waals surface area (Å²) in [6.45, 7) is 3.75. The summed E-state index contributed by atoms with van der Waals surface area (Å²) in [4.78, 5) is 37.3. The normalized spacial score (nSPS) is 11.4. The second kappa shape index (κ2) is 9.95. The Morgan fingerprint density at radius 1 is 0.871 bits per heavy atom. The predicted octanol–water partition coefficient (Wildman–Crippen LogP) is 4.47. The molecule has 3 aromatic rings. The number of rotatable bonds is 7. The smallest absolute Gasteiger partial charge is 0.255 e. The van der Waals surface area contributed by atoms with Gasteiger partial charge < -0.3 is 16.4 Å². The number of carbonyl (C=O) groups excluding carboxylic acids is 3. The molecule has 0 aliphatic carbocycles. The van der Waals surface area contributed by atoms with E-state index in [2.05, 4.69) is 10.6 Å². The molecular weight excluding hydrogens is 410 g/mol. The number of aryl methyl sites for hydroxylation is 1. The molecule has 158 valence electrons. The van der Waals surface area contributed by atoms with E-state index in [1.807, 2.05) is 31.2 Å². The van der Waals surface area contributed by atoms with Crippen molar-refractivity contribution in [3.8, 4) is 0 Å². The summed E-state index contributed by atoms with van der Waals surface area (Å²) in [5.74, 6) is -1.02. The highest BCUT2D eigenvalue weighted by molar-refractivity contribution is 8.00. The molecule has 7 heteroatoms. The van der Waals surface area contributed by atoms with Gasteiger partial charge in [-0.15, -0.1) is 11.8 Å². The molecule has 3 aromatic carbocycles. The highest BCUT2D eigenvalue weighted by Gasteiger charge is 2.17. The van der Waals surface area contributed by atoms with Gasteiger partial charge in [0.25, 0.3) is 11.8 Å². The van der Waals surface area contributed by atoms with E-state index in [0.717, 1.165) is 10.5 Å². The summed E-state index contributed by atoms with van der Waals surface area (Å²) < 4.78 is 0. The fraction of sp³-hybridized carbons (Fsp3) is 0.125. The molecule has 0 saturated heterocycles. The lowest BCUT2D eigenvalue weighted by Crippen LogP contribution is -2.24. The lowest BCUT2D eigenvalue weighted by atomic mass is 10.1. The zero-order valence-corrected chi connectivity index (χ0v) is 18.0. The Hall–Kier alpha value is -3.58. The zero-order chi connectivity index (χ0) is 22.4. The van der Waals surface area contributed by atoms with Crippen molar-refractivity contribution in [1.29, 1.82) is 0 Å². The van der Waals surface area contributed by atoms with Crippen LogP contribution in [0.15, 0.2) is 77.7 Å². The number of para-hydroxylation sites is 1. The first-order valence-corrected chi connectivity index (χ1v) is 10.6. The molecule has 0 fully saturated rings. The van der Waals surface area contributed by atoms with Crippen molar-refractivity contribution in [2.45, 2.75) is 24.0 Å². The molecule has 6 nitrogen and oxygen atoms in total. The second-order valence-electron chi connectivity index (χ2n) is 7.00. The third kappa shape index (κ3) is 5.96. The molecule has 1 unspecified atom stereocenters. The summed E-state index contributed by atoms with van der Waals surface area (Å²) in [5.41, 5.74) is 8.36. The molecule has 0 radical (unpaired) electrons. The van der Waals surface area contributed by atoms with E-state index in [1.54, 1.807) is 55.5 Å². The molecule has 0 aromatic heterocycles. The number of primary amides is 1. The third-order valence-electron chi connectivity index (χ3n) is 4.56. The SMILES string of the molecule is Cc1ccc(C(=O)Nc2ccc(SC(C)C(=O)Nc3ccccc3C(N)=O)cc2)cc1. The number of nitrogens with two attached hydrogens (primary N) is 1. The summed E-state index contributed by atoms with van der Waals surface area (Å²) in [5, 5.41) is 5.20. The van der Waals surface area contributed by atoms with Gasteiger partial charge in [-0.25, -0.2) is 0 Å². The number of benzene rings is 3. The third-order valence-corrected chi connectivity index (χ3v) is 5.67. The molecule has 0 aliphatic heterocycles. The number of nitrogens with one attached hydrogen (secondary N) is 2. The summed E-state index contributed by atoms with van der Waals surface area (Å²) >= 11 is 1.37. The molecule has 3 amide bonds. The standard InChI is InChI=1S/C24H23N3O3S/c1-15-7-9-17(10-8-15)24(30)26-18-11-13-19(14-12-18)31-16(2)23(29)27-21-6-4-3-5-20(21)22(25)28/h3-14,16H,1-2H3,(H2,25,28)(H,26,30)(H,27,29). The maximum Gasteiger partial charge on any atom is 0.255 e. The minimum absolute atomic E-state index is 0.179. The number of anilines is 2. The van der Waals surface area contributed by atoms with Crippen LogP contribution in [0, 0.1) is 6.92 Å². The summed E-state index contributed by atoms with van der Waals surface area (Å²) in [7, 11) is 0. The van der Waals surface area contributed by atoms with E-state index >= 15 is 0 Å². The first kappa shape index (κ1) is 22.1. The van der Waals surface area contributed by atoms with Crippen LogP contribution < -0.4 is 16.4 Å². The molecule has 0 aliphatic rings. The lowest BCUT2D eigenvalue weighted by molar-refractivity contribution is -0.115. The maximum atomic E-state index is 12.5. The Morgan fingerprint density at radius 2 is 1.52 bits per heavy atom. The van der Waals surface area contributed by atoms with Crippen LogP contribution in [0.25, 0.3) is 0 Å². The molecule has 0 heterocycles. The van der Waals surface area contributed by atoms with Crippen LogP contribution >= 0.6 is 11.8 Å². The average Bonchev–Trinajstić information content (AvgIpc) is 2.75. The minimum atomic E-state index is -0.598. The topological polar surface area (TPSA) is 101 Å². The van der Waals surface area contributed by atoms with Gasteiger partial charge in [-0.1, -0.05) is 29.8 Å². The van der Waals surface area contributed by atoms with Gasteiger partial charge in [-0.3, -0.25) is 14.4 Å². The molecule has 4 N–H and O–H groups in total. The van der Waals surface area contributed by atoms with Crippen LogP contribution in [-0.2, 0) is 4.79 Å². The summed E-state index contributed by atoms with van der Waals surface area (Å²) in [6.07, 6.45) is 0. The van der Waals surface area contributed by atoms with E-state index < -0.39 is 11.2 Å². The molecule has 1 atom stereocenters. The van der Waals surface area contributed by atoms with E-state index in [4.69, 9.17) is 5.73 Å². The highest BCUT2D eigenvalue weighted by Crippen LogP contribution is 2.26. The van der Waals surface area contributed by atoms with Crippen molar-refractivity contribution in [3.63, 3.8) is 0 Å². The molecule has 0 saturated carbocycles. The quantitative estimate of drug-likeness (QED) is 0.479. The zero-order valence-electron chi connectivity index (χ0n) is 17.2. The van der Waals surface area contributed by atoms with Gasteiger partial charge in [0.2, 0.25) is 5.91 Å². The van der Waals surface area contributed by atoms with E-state index in [-0.39, 0.29) is 17.4 Å². The molecule has 3 rings (SSSR count). The van der Waals surface area contributed by atoms with Gasteiger partial charge in [0, 0.05) is 16.1 Å². The summed E-state index contributed by atoms with van der Waals surface area (Å²) in [6, 6.07) is 21.2. The molecule has 0 spiro atoms. The Balaban J connectivity index is 1.59. The van der Waals surface area contributed by atoms with E-state index in [9.17, 15) is 14.4 Å².